The van der Waals surface area contributed by atoms with Crippen LogP contribution in [0.15, 0.2) is 0 Å². The Morgan fingerprint density at radius 3 is 1.50 bits per heavy atom. The number of hydrogen-bond donors (Lipinski definition) is 0. The third kappa shape index (κ3) is 175. The van der Waals surface area contributed by atoms with Crippen molar-refractivity contribution in [2.75, 3.05) is 0 Å². The van der Waals surface area contributed by atoms with Gasteiger partial charge in [0.25, 0.3) is 0 Å². The van der Waals surface area contributed by atoms with Crippen LogP contribution in [0.1, 0.15) is 13.8 Å². The summed E-state index contributed by atoms with van der Waals surface area (Å²) in [5, 5.41) is 0. The van der Waals surface area contributed by atoms with Gasteiger partial charge in [0.1, 0.15) is 5.78 Å². The van der Waals surface area contributed by atoms with Crippen LogP contribution in [0.25, 0.3) is 0 Å². The van der Waals surface area contributed by atoms with E-state index in [-0.39, 0.29) is 5.78 Å². The fourth-order valence-electron chi connectivity index (χ4n) is 0. The molecule has 0 aromatic heterocycles. The molecule has 36 valence electrons. The standard InChI is InChI=1S/C3H6O.S.W/c1-3(2)4;;/h1-2H3;;. The molecule has 0 aromatic carbocycles. The molecule has 1 nitrogen and oxygen atoms in total. The summed E-state index contributed by atoms with van der Waals surface area (Å²) in [7, 11) is 4.17. The first-order valence-electron chi connectivity index (χ1n) is 1.37. The third-order valence-corrected chi connectivity index (χ3v) is 0. The van der Waals surface area contributed by atoms with E-state index in [1.807, 2.05) is 0 Å². The van der Waals surface area contributed by atoms with Gasteiger partial charge < -0.3 is 4.79 Å². The van der Waals surface area contributed by atoms with Crippen LogP contribution >= 0.6 is 9.82 Å². The Labute approximate surface area is 52.5 Å². The Morgan fingerprint density at radius 2 is 1.50 bits per heavy atom. The Kier molecular flexibility index (Phi) is 14.9. The molecular formula is C3H6OSW. The van der Waals surface area contributed by atoms with E-state index in [0.29, 0.717) is 0 Å². The molecule has 0 rings (SSSR count). The zero-order valence-corrected chi connectivity index (χ0v) is 7.47. The van der Waals surface area contributed by atoms with Crippen molar-refractivity contribution < 1.29 is 22.8 Å². The molecule has 0 radical (unpaired) electrons. The molecule has 6 heavy (non-hydrogen) atoms. The molecule has 0 fully saturated rings. The summed E-state index contributed by atoms with van der Waals surface area (Å²) in [6.45, 7) is 3.06. The van der Waals surface area contributed by atoms with Gasteiger partial charge in [-0.25, -0.2) is 0 Å². The van der Waals surface area contributed by atoms with E-state index in [9.17, 15) is 4.79 Å². The number of carbonyl (C=O) groups is 1. The summed E-state index contributed by atoms with van der Waals surface area (Å²) in [5.41, 5.74) is 0. The normalized spacial score (nSPS) is 5.00. The van der Waals surface area contributed by atoms with Crippen molar-refractivity contribution in [1.29, 1.82) is 0 Å². The van der Waals surface area contributed by atoms with Gasteiger partial charge in [-0.05, 0) is 13.8 Å². The van der Waals surface area contributed by atoms with Crippen molar-refractivity contribution in [3.8, 4) is 0 Å². The van der Waals surface area contributed by atoms with Gasteiger partial charge in [0, 0.05) is 0 Å². The summed E-state index contributed by atoms with van der Waals surface area (Å²) >= 11 is 1.17. The van der Waals surface area contributed by atoms with Crippen molar-refractivity contribution in [3.05, 3.63) is 0 Å². The van der Waals surface area contributed by atoms with Crippen LogP contribution in [0, 0.1) is 0 Å². The molecule has 3 heteroatoms. The molecule has 0 unspecified atom stereocenters. The van der Waals surface area contributed by atoms with Gasteiger partial charge in [0.2, 0.25) is 0 Å². The zero-order chi connectivity index (χ0) is 5.58. The van der Waals surface area contributed by atoms with E-state index in [2.05, 4.69) is 9.82 Å². The van der Waals surface area contributed by atoms with Gasteiger partial charge in [-0.2, -0.15) is 0 Å². The van der Waals surface area contributed by atoms with Gasteiger partial charge in [-0.3, -0.25) is 0 Å². The number of ketones is 1. The predicted octanol–water partition coefficient (Wildman–Crippen LogP) is 1.24. The molecule has 0 aliphatic carbocycles. The van der Waals surface area contributed by atoms with Gasteiger partial charge in [-0.1, -0.05) is 0 Å². The molecular weight excluding hydrogens is 268 g/mol. The van der Waals surface area contributed by atoms with Crippen LogP contribution in [-0.4, -0.2) is 5.78 Å². The minimum absolute atomic E-state index is 0.167. The minimum atomic E-state index is 0.167. The molecule has 0 atom stereocenters. The topological polar surface area (TPSA) is 17.1 Å². The molecule has 0 aliphatic heterocycles. The van der Waals surface area contributed by atoms with E-state index in [1.165, 1.54) is 31.8 Å². The first-order chi connectivity index (χ1) is 2.73. The first-order valence-corrected chi connectivity index (χ1v) is 5.30. The monoisotopic (exact) mass is 274 g/mol. The summed E-state index contributed by atoms with van der Waals surface area (Å²) in [6.07, 6.45) is 0. The molecule has 0 saturated carbocycles. The number of rotatable bonds is 0. The Balaban J connectivity index is 0. The van der Waals surface area contributed by atoms with Crippen molar-refractivity contribution in [3.63, 3.8) is 0 Å². The number of carbonyl (C=O) groups excluding carboxylic acids is 1. The number of hydrogen-bond acceptors (Lipinski definition) is 2. The summed E-state index contributed by atoms with van der Waals surface area (Å²) in [6, 6.07) is 0. The fourth-order valence-corrected chi connectivity index (χ4v) is 0. The molecule has 0 N–H and O–H groups in total. The van der Waals surface area contributed by atoms with Crippen LogP contribution < -0.4 is 0 Å². The second-order valence-electron chi connectivity index (χ2n) is 0.908. The fraction of sp³-hybridized carbons (Fsp3) is 0.667. The average molecular weight is 274 g/mol. The Morgan fingerprint density at radius 1 is 1.50 bits per heavy atom. The van der Waals surface area contributed by atoms with E-state index >= 15 is 0 Å². The van der Waals surface area contributed by atoms with Crippen molar-refractivity contribution in [1.82, 2.24) is 0 Å². The van der Waals surface area contributed by atoms with Crippen LogP contribution in [0.4, 0.5) is 0 Å². The van der Waals surface area contributed by atoms with E-state index in [0.717, 1.165) is 0 Å². The second-order valence-corrected chi connectivity index (χ2v) is 0.908. The molecule has 0 aromatic rings. The van der Waals surface area contributed by atoms with Crippen molar-refractivity contribution >= 4 is 15.6 Å². The van der Waals surface area contributed by atoms with Gasteiger partial charge in [0.05, 0.1) is 0 Å². The van der Waals surface area contributed by atoms with Crippen molar-refractivity contribution in [2.45, 2.75) is 13.8 Å². The quantitative estimate of drug-likeness (QED) is 0.661. The summed E-state index contributed by atoms with van der Waals surface area (Å²) in [5.74, 6) is 0.167. The third-order valence-electron chi connectivity index (χ3n) is 0. The van der Waals surface area contributed by atoms with Crippen LogP contribution in [0.2, 0.25) is 0 Å². The maximum absolute atomic E-state index is 9.44. The van der Waals surface area contributed by atoms with Gasteiger partial charge in [-0.15, -0.1) is 0 Å². The molecule has 0 amide bonds. The van der Waals surface area contributed by atoms with Gasteiger partial charge >= 0.3 is 27.8 Å². The van der Waals surface area contributed by atoms with E-state index in [1.54, 1.807) is 0 Å². The SMILES string of the molecule is CC(C)=O.[S]=[W]. The zero-order valence-electron chi connectivity index (χ0n) is 3.72. The first kappa shape index (κ1) is 9.77. The predicted molar refractivity (Wildman–Crippen MR) is 23.9 cm³/mol. The molecule has 0 aliphatic rings. The summed E-state index contributed by atoms with van der Waals surface area (Å²) in [4.78, 5) is 9.44. The number of Topliss-reactive ketones (excluding diaryl/α,β-unsaturated/α-hetero) is 1. The van der Waals surface area contributed by atoms with Crippen LogP contribution in [0.5, 0.6) is 0 Å². The second kappa shape index (κ2) is 9.13. The van der Waals surface area contributed by atoms with Crippen LogP contribution in [0.3, 0.4) is 0 Å². The van der Waals surface area contributed by atoms with Gasteiger partial charge in [0.15, 0.2) is 0 Å². The van der Waals surface area contributed by atoms with E-state index < -0.39 is 0 Å². The average Bonchev–Trinajstić information content (AvgIpc) is 1.41. The molecule has 0 spiro atoms. The van der Waals surface area contributed by atoms with Crippen molar-refractivity contribution in [2.24, 2.45) is 0 Å². The Bertz CT molecular complexity index is 42.1. The van der Waals surface area contributed by atoms with Crippen LogP contribution in [-0.2, 0) is 22.8 Å². The molecule has 0 bridgehead atoms. The molecule has 0 heterocycles. The molecule has 0 saturated heterocycles. The van der Waals surface area contributed by atoms with E-state index in [4.69, 9.17) is 0 Å². The summed E-state index contributed by atoms with van der Waals surface area (Å²) < 4.78 is 0. The Hall–Kier alpha value is 0.578. The maximum atomic E-state index is 9.44.